The fourth-order valence-corrected chi connectivity index (χ4v) is 3.85. The van der Waals surface area contributed by atoms with Gasteiger partial charge >= 0.3 is 0 Å². The molecule has 0 bridgehead atoms. The third-order valence-electron chi connectivity index (χ3n) is 3.93. The van der Waals surface area contributed by atoms with Crippen LogP contribution in [0, 0.1) is 6.92 Å². The van der Waals surface area contributed by atoms with E-state index in [4.69, 9.17) is 23.2 Å². The zero-order valence-corrected chi connectivity index (χ0v) is 15.5. The van der Waals surface area contributed by atoms with E-state index < -0.39 is 9.84 Å². The number of halogens is 2. The van der Waals surface area contributed by atoms with Crippen molar-refractivity contribution in [2.24, 2.45) is 0 Å². The highest BCUT2D eigenvalue weighted by molar-refractivity contribution is 7.90. The number of nitrogens with zero attached hydrogens (tertiary/aromatic N) is 1. The predicted octanol–water partition coefficient (Wildman–Crippen LogP) is 4.84. The Kier molecular flexibility index (Phi) is 4.56. The molecule has 0 saturated heterocycles. The van der Waals surface area contributed by atoms with Crippen molar-refractivity contribution in [3.05, 3.63) is 69.3 Å². The lowest BCUT2D eigenvalue weighted by Gasteiger charge is -2.11. The van der Waals surface area contributed by atoms with E-state index in [0.717, 1.165) is 27.6 Å². The lowest BCUT2D eigenvalue weighted by Crippen LogP contribution is -1.99. The summed E-state index contributed by atoms with van der Waals surface area (Å²) in [6.45, 7) is 1.96. The molecule has 0 spiro atoms. The number of aryl methyl sites for hydroxylation is 1. The number of pyridine rings is 1. The third-order valence-corrected chi connectivity index (χ3v) is 5.80. The van der Waals surface area contributed by atoms with Crippen molar-refractivity contribution in [1.29, 1.82) is 0 Å². The summed E-state index contributed by atoms with van der Waals surface area (Å²) in [5.41, 5.74) is 3.47. The summed E-state index contributed by atoms with van der Waals surface area (Å²) in [5.74, 6) is 0. The molecule has 3 rings (SSSR count). The highest BCUT2D eigenvalue weighted by atomic mass is 35.5. The van der Waals surface area contributed by atoms with Gasteiger partial charge in [-0.1, -0.05) is 53.5 Å². The number of hydrogen-bond acceptors (Lipinski definition) is 3. The fraction of sp³-hybridized carbons (Fsp3) is 0.167. The van der Waals surface area contributed by atoms with Crippen molar-refractivity contribution in [3.8, 4) is 0 Å². The molecule has 124 valence electrons. The van der Waals surface area contributed by atoms with Crippen LogP contribution < -0.4 is 0 Å². The maximum atomic E-state index is 11.5. The Morgan fingerprint density at radius 1 is 1.04 bits per heavy atom. The van der Waals surface area contributed by atoms with E-state index in [9.17, 15) is 8.42 Å². The Morgan fingerprint density at radius 2 is 1.71 bits per heavy atom. The lowest BCUT2D eigenvalue weighted by atomic mass is 10.0. The standard InChI is InChI=1S/C18H15Cl2NO2S/c1-11-4-3-5-14-16(19)15(18(20)21-17(11)14)10-12-6-8-13(9-7-12)24(2,22)23/h3-9H,10H2,1-2H3. The molecule has 0 atom stereocenters. The van der Waals surface area contributed by atoms with Gasteiger partial charge in [0, 0.05) is 23.6 Å². The van der Waals surface area contributed by atoms with Gasteiger partial charge in [-0.3, -0.25) is 0 Å². The van der Waals surface area contributed by atoms with Crippen molar-refractivity contribution in [2.75, 3.05) is 6.26 Å². The van der Waals surface area contributed by atoms with Crippen LogP contribution in [-0.2, 0) is 16.3 Å². The van der Waals surface area contributed by atoms with E-state index in [1.807, 2.05) is 25.1 Å². The first-order valence-electron chi connectivity index (χ1n) is 7.29. The first kappa shape index (κ1) is 17.2. The minimum absolute atomic E-state index is 0.288. The Balaban J connectivity index is 2.04. The molecule has 0 aliphatic carbocycles. The second-order valence-corrected chi connectivity index (χ2v) is 8.51. The molecule has 0 fully saturated rings. The second-order valence-electron chi connectivity index (χ2n) is 5.76. The SMILES string of the molecule is Cc1cccc2c(Cl)c(Cc3ccc(S(C)(=O)=O)cc3)c(Cl)nc12. The van der Waals surface area contributed by atoms with Crippen molar-refractivity contribution in [3.63, 3.8) is 0 Å². The van der Waals surface area contributed by atoms with E-state index in [1.54, 1.807) is 24.3 Å². The summed E-state index contributed by atoms with van der Waals surface area (Å²) in [6, 6.07) is 12.5. The van der Waals surface area contributed by atoms with Gasteiger partial charge in [-0.2, -0.15) is 0 Å². The molecule has 1 aromatic heterocycles. The number of rotatable bonds is 3. The highest BCUT2D eigenvalue weighted by Gasteiger charge is 2.14. The smallest absolute Gasteiger partial charge is 0.175 e. The number of sulfone groups is 1. The molecule has 0 aliphatic heterocycles. The van der Waals surface area contributed by atoms with Gasteiger partial charge < -0.3 is 0 Å². The summed E-state index contributed by atoms with van der Waals surface area (Å²) in [4.78, 5) is 4.76. The summed E-state index contributed by atoms with van der Waals surface area (Å²) in [7, 11) is -3.21. The maximum absolute atomic E-state index is 11.5. The normalized spacial score (nSPS) is 11.8. The molecule has 0 N–H and O–H groups in total. The fourth-order valence-electron chi connectivity index (χ4n) is 2.61. The van der Waals surface area contributed by atoms with Gasteiger partial charge in [0.1, 0.15) is 5.15 Å². The zero-order valence-electron chi connectivity index (χ0n) is 13.2. The Hall–Kier alpha value is -1.62. The molecule has 0 saturated carbocycles. The van der Waals surface area contributed by atoms with Crippen LogP contribution in [0.1, 0.15) is 16.7 Å². The van der Waals surface area contributed by atoms with Gasteiger partial charge in [-0.15, -0.1) is 0 Å². The van der Waals surface area contributed by atoms with Crippen molar-refractivity contribution >= 4 is 43.9 Å². The van der Waals surface area contributed by atoms with Gasteiger partial charge in [0.2, 0.25) is 0 Å². The summed E-state index contributed by atoms with van der Waals surface area (Å²) in [5, 5.41) is 1.82. The molecule has 1 heterocycles. The van der Waals surface area contributed by atoms with Crippen LogP contribution in [0.2, 0.25) is 10.2 Å². The van der Waals surface area contributed by atoms with Gasteiger partial charge in [-0.05, 0) is 30.2 Å². The minimum Gasteiger partial charge on any atom is -0.235 e. The average Bonchev–Trinajstić information content (AvgIpc) is 2.52. The minimum atomic E-state index is -3.21. The highest BCUT2D eigenvalue weighted by Crippen LogP contribution is 2.33. The van der Waals surface area contributed by atoms with Crippen molar-refractivity contribution in [1.82, 2.24) is 4.98 Å². The molecule has 3 nitrogen and oxygen atoms in total. The van der Waals surface area contributed by atoms with Crippen molar-refractivity contribution in [2.45, 2.75) is 18.2 Å². The van der Waals surface area contributed by atoms with Crippen LogP contribution >= 0.6 is 23.2 Å². The Bertz CT molecular complexity index is 1030. The third kappa shape index (κ3) is 3.27. The van der Waals surface area contributed by atoms with Gasteiger partial charge in [0.05, 0.1) is 15.4 Å². The molecular weight excluding hydrogens is 365 g/mol. The zero-order chi connectivity index (χ0) is 17.5. The van der Waals surface area contributed by atoms with E-state index >= 15 is 0 Å². The van der Waals surface area contributed by atoms with Gasteiger partial charge in [-0.25, -0.2) is 13.4 Å². The van der Waals surface area contributed by atoms with Crippen LogP contribution in [0.15, 0.2) is 47.4 Å². The molecule has 0 aliphatic rings. The monoisotopic (exact) mass is 379 g/mol. The first-order chi connectivity index (χ1) is 11.3. The maximum Gasteiger partial charge on any atom is 0.175 e. The Labute approximate surface area is 151 Å². The molecule has 24 heavy (non-hydrogen) atoms. The van der Waals surface area contributed by atoms with Crippen LogP contribution in [0.4, 0.5) is 0 Å². The van der Waals surface area contributed by atoms with Crippen molar-refractivity contribution < 1.29 is 8.42 Å². The van der Waals surface area contributed by atoms with Crippen LogP contribution in [0.25, 0.3) is 10.9 Å². The van der Waals surface area contributed by atoms with E-state index in [2.05, 4.69) is 4.98 Å². The number of hydrogen-bond donors (Lipinski definition) is 0. The molecule has 2 aromatic carbocycles. The van der Waals surface area contributed by atoms with E-state index in [-0.39, 0.29) is 4.90 Å². The average molecular weight is 380 g/mol. The van der Waals surface area contributed by atoms with Crippen LogP contribution in [0.5, 0.6) is 0 Å². The summed E-state index contributed by atoms with van der Waals surface area (Å²) < 4.78 is 23.1. The van der Waals surface area contributed by atoms with Crippen LogP contribution in [-0.4, -0.2) is 19.7 Å². The molecular formula is C18H15Cl2NO2S. The number of benzene rings is 2. The van der Waals surface area contributed by atoms with E-state index in [1.165, 1.54) is 6.26 Å². The molecule has 6 heteroatoms. The number of fused-ring (bicyclic) bond motifs is 1. The largest absolute Gasteiger partial charge is 0.235 e. The topological polar surface area (TPSA) is 47.0 Å². The van der Waals surface area contributed by atoms with E-state index in [0.29, 0.717) is 16.6 Å². The number of para-hydroxylation sites is 1. The molecule has 3 aromatic rings. The molecule has 0 amide bonds. The van der Waals surface area contributed by atoms with Gasteiger partial charge in [0.15, 0.2) is 9.84 Å². The quantitative estimate of drug-likeness (QED) is 0.611. The second kappa shape index (κ2) is 6.36. The lowest BCUT2D eigenvalue weighted by molar-refractivity contribution is 0.602. The first-order valence-corrected chi connectivity index (χ1v) is 9.94. The summed E-state index contributed by atoms with van der Waals surface area (Å²) >= 11 is 12.9. The molecule has 0 radical (unpaired) electrons. The number of aromatic nitrogens is 1. The molecule has 0 unspecified atom stereocenters. The predicted molar refractivity (Wildman–Crippen MR) is 98.9 cm³/mol. The summed E-state index contributed by atoms with van der Waals surface area (Å²) in [6.07, 6.45) is 1.67. The van der Waals surface area contributed by atoms with Gasteiger partial charge in [0.25, 0.3) is 0 Å². The van der Waals surface area contributed by atoms with Crippen LogP contribution in [0.3, 0.4) is 0 Å². The Morgan fingerprint density at radius 3 is 2.33 bits per heavy atom.